The van der Waals surface area contributed by atoms with Crippen LogP contribution in [0.15, 0.2) is 18.2 Å². The molecule has 1 N–H and O–H groups in total. The number of unbranched alkanes of at least 4 members (excludes halogenated alkanes) is 1. The number of fused-ring (bicyclic) bond motifs is 1. The fourth-order valence-corrected chi connectivity index (χ4v) is 2.80. The van der Waals surface area contributed by atoms with Crippen LogP contribution in [-0.4, -0.2) is 20.6 Å². The Morgan fingerprint density at radius 1 is 1.33 bits per heavy atom. The van der Waals surface area contributed by atoms with Crippen molar-refractivity contribution in [2.24, 2.45) is 0 Å². The Hall–Kier alpha value is -1.84. The highest BCUT2D eigenvalue weighted by molar-refractivity contribution is 5.92. The van der Waals surface area contributed by atoms with Crippen LogP contribution in [0.25, 0.3) is 11.0 Å². The molecule has 1 atom stereocenters. The number of carbonyl (C=O) groups is 1. The van der Waals surface area contributed by atoms with Gasteiger partial charge < -0.3 is 9.67 Å². The van der Waals surface area contributed by atoms with E-state index in [1.165, 1.54) is 12.8 Å². The molecule has 0 bridgehead atoms. The van der Waals surface area contributed by atoms with E-state index in [2.05, 4.69) is 25.3 Å². The predicted molar refractivity (Wildman–Crippen MR) is 84.9 cm³/mol. The zero-order valence-corrected chi connectivity index (χ0v) is 13.1. The first-order valence-corrected chi connectivity index (χ1v) is 7.82. The van der Waals surface area contributed by atoms with Crippen LogP contribution in [0.3, 0.4) is 0 Å². The van der Waals surface area contributed by atoms with Gasteiger partial charge in [0.2, 0.25) is 0 Å². The van der Waals surface area contributed by atoms with Gasteiger partial charge in [0.25, 0.3) is 0 Å². The number of nitrogens with zero attached hydrogens (tertiary/aromatic N) is 2. The Kier molecular flexibility index (Phi) is 4.99. The Bertz CT molecular complexity index is 631. The van der Waals surface area contributed by atoms with Crippen molar-refractivity contribution in [1.82, 2.24) is 9.55 Å². The van der Waals surface area contributed by atoms with Crippen molar-refractivity contribution >= 4 is 17.0 Å². The molecule has 0 spiro atoms. The summed E-state index contributed by atoms with van der Waals surface area (Å²) >= 11 is 0. The van der Waals surface area contributed by atoms with Crippen LogP contribution in [0.1, 0.15) is 68.7 Å². The summed E-state index contributed by atoms with van der Waals surface area (Å²) in [7, 11) is 0. The molecule has 0 aliphatic rings. The van der Waals surface area contributed by atoms with E-state index in [-0.39, 0.29) is 0 Å². The largest absolute Gasteiger partial charge is 0.478 e. The second-order valence-electron chi connectivity index (χ2n) is 5.65. The summed E-state index contributed by atoms with van der Waals surface area (Å²) in [5, 5.41) is 9.20. The molecule has 0 amide bonds. The van der Waals surface area contributed by atoms with Gasteiger partial charge in [-0.25, -0.2) is 9.78 Å². The minimum Gasteiger partial charge on any atom is -0.478 e. The molecule has 0 aliphatic carbocycles. The smallest absolute Gasteiger partial charge is 0.335 e. The van der Waals surface area contributed by atoms with Crippen LogP contribution in [-0.2, 0) is 6.42 Å². The van der Waals surface area contributed by atoms with Crippen LogP contribution in [0, 0.1) is 0 Å². The average molecular weight is 288 g/mol. The van der Waals surface area contributed by atoms with Gasteiger partial charge in [-0.15, -0.1) is 0 Å². The average Bonchev–Trinajstić information content (AvgIpc) is 2.82. The topological polar surface area (TPSA) is 55.1 Å². The van der Waals surface area contributed by atoms with E-state index in [1.807, 2.05) is 6.07 Å². The number of hydrogen-bond donors (Lipinski definition) is 1. The normalized spacial score (nSPS) is 12.7. The number of imidazole rings is 1. The summed E-state index contributed by atoms with van der Waals surface area (Å²) < 4.78 is 2.24. The van der Waals surface area contributed by atoms with E-state index in [0.29, 0.717) is 11.6 Å². The third kappa shape index (κ3) is 3.26. The molecule has 1 aromatic heterocycles. The van der Waals surface area contributed by atoms with Gasteiger partial charge in [0.1, 0.15) is 5.82 Å². The standard InChI is InChI=1S/C17H24N2O2/c1-4-6-8-12(3)19-15-11-13(17(20)21)9-10-14(15)18-16(19)7-5-2/h9-12H,4-8H2,1-3H3,(H,20,21). The first kappa shape index (κ1) is 15.5. The fraction of sp³-hybridized carbons (Fsp3) is 0.529. The second-order valence-corrected chi connectivity index (χ2v) is 5.65. The third-order valence-electron chi connectivity index (χ3n) is 3.90. The summed E-state index contributed by atoms with van der Waals surface area (Å²) in [6.45, 7) is 6.53. The summed E-state index contributed by atoms with van der Waals surface area (Å²) in [6, 6.07) is 5.56. The summed E-state index contributed by atoms with van der Waals surface area (Å²) in [6.07, 6.45) is 5.39. The van der Waals surface area contributed by atoms with Gasteiger partial charge in [-0.05, 0) is 38.0 Å². The Balaban J connectivity index is 2.52. The molecule has 1 heterocycles. The number of rotatable bonds is 7. The zero-order chi connectivity index (χ0) is 15.4. The Morgan fingerprint density at radius 2 is 2.10 bits per heavy atom. The minimum atomic E-state index is -0.886. The zero-order valence-electron chi connectivity index (χ0n) is 13.1. The van der Waals surface area contributed by atoms with Crippen molar-refractivity contribution in [3.63, 3.8) is 0 Å². The van der Waals surface area contributed by atoms with Crippen molar-refractivity contribution in [3.8, 4) is 0 Å². The molecule has 0 radical (unpaired) electrons. The lowest BCUT2D eigenvalue weighted by molar-refractivity contribution is 0.0697. The van der Waals surface area contributed by atoms with Crippen molar-refractivity contribution in [3.05, 3.63) is 29.6 Å². The SMILES string of the molecule is CCCCC(C)n1c(CCC)nc2ccc(C(=O)O)cc21. The molecule has 1 aromatic carbocycles. The molecule has 2 aromatic rings. The molecule has 0 saturated carbocycles. The lowest BCUT2D eigenvalue weighted by Gasteiger charge is -2.17. The predicted octanol–water partition coefficient (Wildman–Crippen LogP) is 4.44. The molecule has 4 heteroatoms. The van der Waals surface area contributed by atoms with Crippen LogP contribution in [0.2, 0.25) is 0 Å². The monoisotopic (exact) mass is 288 g/mol. The quantitative estimate of drug-likeness (QED) is 0.819. The maximum atomic E-state index is 11.2. The minimum absolute atomic E-state index is 0.328. The van der Waals surface area contributed by atoms with Gasteiger partial charge in [0.15, 0.2) is 0 Å². The Labute approximate surface area is 125 Å². The number of aryl methyl sites for hydroxylation is 1. The summed E-state index contributed by atoms with van der Waals surface area (Å²) in [5.41, 5.74) is 2.17. The van der Waals surface area contributed by atoms with Crippen molar-refractivity contribution in [2.75, 3.05) is 0 Å². The molecule has 1 unspecified atom stereocenters. The van der Waals surface area contributed by atoms with E-state index >= 15 is 0 Å². The first-order valence-electron chi connectivity index (χ1n) is 7.82. The van der Waals surface area contributed by atoms with Gasteiger partial charge in [-0.3, -0.25) is 0 Å². The molecule has 0 saturated heterocycles. The van der Waals surface area contributed by atoms with Gasteiger partial charge in [-0.2, -0.15) is 0 Å². The highest BCUT2D eigenvalue weighted by Gasteiger charge is 2.16. The molecular formula is C17H24N2O2. The number of carboxylic acids is 1. The van der Waals surface area contributed by atoms with Crippen LogP contribution < -0.4 is 0 Å². The van der Waals surface area contributed by atoms with Crippen molar-refractivity contribution in [1.29, 1.82) is 0 Å². The second kappa shape index (κ2) is 6.74. The third-order valence-corrected chi connectivity index (χ3v) is 3.90. The molecule has 0 fully saturated rings. The van der Waals surface area contributed by atoms with Crippen LogP contribution in [0.4, 0.5) is 0 Å². The number of aromatic nitrogens is 2. The highest BCUT2D eigenvalue weighted by Crippen LogP contribution is 2.26. The van der Waals surface area contributed by atoms with Gasteiger partial charge in [0.05, 0.1) is 16.6 Å². The molecule has 4 nitrogen and oxygen atoms in total. The van der Waals surface area contributed by atoms with E-state index in [0.717, 1.165) is 36.1 Å². The number of aromatic carboxylic acids is 1. The van der Waals surface area contributed by atoms with Crippen molar-refractivity contribution in [2.45, 2.75) is 58.9 Å². The number of benzene rings is 1. The fourth-order valence-electron chi connectivity index (χ4n) is 2.80. The van der Waals surface area contributed by atoms with Crippen molar-refractivity contribution < 1.29 is 9.90 Å². The molecule has 21 heavy (non-hydrogen) atoms. The van der Waals surface area contributed by atoms with Crippen LogP contribution >= 0.6 is 0 Å². The molecule has 0 aliphatic heterocycles. The van der Waals surface area contributed by atoms with E-state index in [1.54, 1.807) is 12.1 Å². The first-order chi connectivity index (χ1) is 10.1. The van der Waals surface area contributed by atoms with Gasteiger partial charge >= 0.3 is 5.97 Å². The lowest BCUT2D eigenvalue weighted by atomic mass is 10.1. The molecule has 114 valence electrons. The highest BCUT2D eigenvalue weighted by atomic mass is 16.4. The van der Waals surface area contributed by atoms with E-state index in [4.69, 9.17) is 4.98 Å². The van der Waals surface area contributed by atoms with E-state index in [9.17, 15) is 9.90 Å². The molecule has 2 rings (SSSR count). The van der Waals surface area contributed by atoms with Gasteiger partial charge in [0, 0.05) is 12.5 Å². The van der Waals surface area contributed by atoms with Gasteiger partial charge in [-0.1, -0.05) is 26.7 Å². The lowest BCUT2D eigenvalue weighted by Crippen LogP contribution is -2.10. The maximum absolute atomic E-state index is 11.2. The van der Waals surface area contributed by atoms with Crippen LogP contribution in [0.5, 0.6) is 0 Å². The maximum Gasteiger partial charge on any atom is 0.335 e. The molecular weight excluding hydrogens is 264 g/mol. The van der Waals surface area contributed by atoms with E-state index < -0.39 is 5.97 Å². The summed E-state index contributed by atoms with van der Waals surface area (Å²) in [4.78, 5) is 15.9. The number of carboxylic acid groups (broad SMARTS) is 1. The summed E-state index contributed by atoms with van der Waals surface area (Å²) in [5.74, 6) is 0.182. The number of hydrogen-bond acceptors (Lipinski definition) is 2. The Morgan fingerprint density at radius 3 is 2.71 bits per heavy atom.